The number of nitrogens with two attached hydrogens (primary N) is 1. The third-order valence-electron chi connectivity index (χ3n) is 2.01. The molecule has 0 saturated heterocycles. The largest absolute Gasteiger partial charge is 0.327 e. The first-order valence-corrected chi connectivity index (χ1v) is 4.98. The molecule has 1 unspecified atom stereocenters. The first-order chi connectivity index (χ1) is 6.99. The van der Waals surface area contributed by atoms with Crippen molar-refractivity contribution in [2.24, 2.45) is 5.73 Å². The molecule has 98 valence electrons. The Kier molecular flexibility index (Phi) is 9.02. The second-order valence-corrected chi connectivity index (χ2v) is 3.82. The van der Waals surface area contributed by atoms with Crippen LogP contribution >= 0.6 is 24.8 Å². The predicted octanol–water partition coefficient (Wildman–Crippen LogP) is 2.22. The van der Waals surface area contributed by atoms with Gasteiger partial charge in [-0.25, -0.2) is 0 Å². The number of amides is 1. The molecule has 1 rings (SSSR count). The van der Waals surface area contributed by atoms with Gasteiger partial charge in [0.2, 0.25) is 5.91 Å². The summed E-state index contributed by atoms with van der Waals surface area (Å²) in [5.41, 5.74) is 8.06. The van der Waals surface area contributed by atoms with Crippen LogP contribution in [0, 0.1) is 13.8 Å². The van der Waals surface area contributed by atoms with Gasteiger partial charge >= 0.3 is 0 Å². The standard InChI is InChI=1S/C11H17N3O.2ClH/c1-7(12)6-11(15)14-10-5-4-8(2)13-9(10)3;;/h4-5,7H,6,12H2,1-3H3,(H,14,15);2*1H. The van der Waals surface area contributed by atoms with E-state index in [-0.39, 0.29) is 36.8 Å². The maximum Gasteiger partial charge on any atom is 0.225 e. The zero-order valence-corrected chi connectivity index (χ0v) is 11.8. The van der Waals surface area contributed by atoms with Gasteiger partial charge in [0, 0.05) is 18.2 Å². The lowest BCUT2D eigenvalue weighted by Gasteiger charge is -2.09. The summed E-state index contributed by atoms with van der Waals surface area (Å²) in [5, 5.41) is 2.79. The smallest absolute Gasteiger partial charge is 0.225 e. The van der Waals surface area contributed by atoms with Crippen LogP contribution in [-0.2, 0) is 4.79 Å². The fourth-order valence-electron chi connectivity index (χ4n) is 1.31. The molecule has 17 heavy (non-hydrogen) atoms. The number of anilines is 1. The molecule has 0 bridgehead atoms. The zero-order valence-electron chi connectivity index (χ0n) is 10.2. The minimum atomic E-state index is -0.122. The number of aromatic nitrogens is 1. The highest BCUT2D eigenvalue weighted by molar-refractivity contribution is 5.91. The number of rotatable bonds is 3. The summed E-state index contributed by atoms with van der Waals surface area (Å²) in [6.45, 7) is 5.59. The SMILES string of the molecule is Cc1ccc(NC(=O)CC(C)N)c(C)n1.Cl.Cl. The Labute approximate surface area is 114 Å². The van der Waals surface area contributed by atoms with Crippen molar-refractivity contribution in [3.8, 4) is 0 Å². The molecule has 1 aromatic heterocycles. The highest BCUT2D eigenvalue weighted by Gasteiger charge is 2.07. The second-order valence-electron chi connectivity index (χ2n) is 3.82. The van der Waals surface area contributed by atoms with Crippen molar-refractivity contribution >= 4 is 36.4 Å². The lowest BCUT2D eigenvalue weighted by molar-refractivity contribution is -0.116. The van der Waals surface area contributed by atoms with Gasteiger partial charge in [0.25, 0.3) is 0 Å². The van der Waals surface area contributed by atoms with Gasteiger partial charge in [0.1, 0.15) is 0 Å². The van der Waals surface area contributed by atoms with Gasteiger partial charge < -0.3 is 11.1 Å². The maximum absolute atomic E-state index is 11.4. The molecular weight excluding hydrogens is 261 g/mol. The Hall–Kier alpha value is -0.840. The molecule has 0 aliphatic carbocycles. The Morgan fingerprint density at radius 3 is 2.47 bits per heavy atom. The highest BCUT2D eigenvalue weighted by atomic mass is 35.5. The third kappa shape index (κ3) is 6.46. The lowest BCUT2D eigenvalue weighted by Crippen LogP contribution is -2.24. The summed E-state index contributed by atoms with van der Waals surface area (Å²) in [6, 6.07) is 3.61. The number of carbonyl (C=O) groups is 1. The highest BCUT2D eigenvalue weighted by Crippen LogP contribution is 2.12. The first-order valence-electron chi connectivity index (χ1n) is 4.98. The molecule has 1 heterocycles. The number of aryl methyl sites for hydroxylation is 2. The van der Waals surface area contributed by atoms with E-state index in [1.54, 1.807) is 6.92 Å². The van der Waals surface area contributed by atoms with E-state index in [4.69, 9.17) is 5.73 Å². The van der Waals surface area contributed by atoms with Gasteiger partial charge in [-0.05, 0) is 32.9 Å². The lowest BCUT2D eigenvalue weighted by atomic mass is 10.2. The molecule has 1 amide bonds. The van der Waals surface area contributed by atoms with Gasteiger partial charge in [-0.2, -0.15) is 0 Å². The number of nitrogens with one attached hydrogen (secondary N) is 1. The van der Waals surface area contributed by atoms with Crippen LogP contribution in [0.1, 0.15) is 24.7 Å². The van der Waals surface area contributed by atoms with Crippen molar-refractivity contribution in [3.05, 3.63) is 23.5 Å². The van der Waals surface area contributed by atoms with E-state index in [0.29, 0.717) is 6.42 Å². The van der Waals surface area contributed by atoms with Gasteiger partial charge in [0.05, 0.1) is 11.4 Å². The monoisotopic (exact) mass is 279 g/mol. The van der Waals surface area contributed by atoms with Gasteiger partial charge in [-0.3, -0.25) is 9.78 Å². The molecule has 1 atom stereocenters. The van der Waals surface area contributed by atoms with E-state index >= 15 is 0 Å². The molecular formula is C11H19Cl2N3O. The number of carbonyl (C=O) groups excluding carboxylic acids is 1. The van der Waals surface area contributed by atoms with Gasteiger partial charge in [-0.15, -0.1) is 24.8 Å². The summed E-state index contributed by atoms with van der Waals surface area (Å²) in [7, 11) is 0. The Balaban J connectivity index is 0. The number of pyridine rings is 1. The summed E-state index contributed by atoms with van der Waals surface area (Å²) < 4.78 is 0. The summed E-state index contributed by atoms with van der Waals surface area (Å²) in [6.07, 6.45) is 0.327. The second kappa shape index (κ2) is 8.28. The van der Waals surface area contributed by atoms with Crippen molar-refractivity contribution in [3.63, 3.8) is 0 Å². The average Bonchev–Trinajstić information content (AvgIpc) is 2.08. The summed E-state index contributed by atoms with van der Waals surface area (Å²) in [4.78, 5) is 15.7. The van der Waals surface area contributed by atoms with Crippen molar-refractivity contribution in [2.45, 2.75) is 33.2 Å². The fourth-order valence-corrected chi connectivity index (χ4v) is 1.31. The molecule has 0 radical (unpaired) electrons. The van der Waals surface area contributed by atoms with Gasteiger partial charge in [0.15, 0.2) is 0 Å². The van der Waals surface area contributed by atoms with Crippen LogP contribution in [-0.4, -0.2) is 16.9 Å². The minimum absolute atomic E-state index is 0. The molecule has 3 N–H and O–H groups in total. The van der Waals surface area contributed by atoms with E-state index in [0.717, 1.165) is 17.1 Å². The van der Waals surface area contributed by atoms with E-state index in [1.807, 2.05) is 26.0 Å². The quantitative estimate of drug-likeness (QED) is 0.892. The molecule has 0 aliphatic heterocycles. The average molecular weight is 280 g/mol. The normalized spacial score (nSPS) is 10.8. The number of hydrogen-bond acceptors (Lipinski definition) is 3. The van der Waals surface area contributed by atoms with Crippen molar-refractivity contribution in [1.29, 1.82) is 0 Å². The van der Waals surface area contributed by atoms with Crippen LogP contribution in [0.5, 0.6) is 0 Å². The van der Waals surface area contributed by atoms with Crippen molar-refractivity contribution < 1.29 is 4.79 Å². The topological polar surface area (TPSA) is 68.0 Å². The van der Waals surface area contributed by atoms with Crippen LogP contribution in [0.2, 0.25) is 0 Å². The van der Waals surface area contributed by atoms with Crippen LogP contribution in [0.15, 0.2) is 12.1 Å². The summed E-state index contributed by atoms with van der Waals surface area (Å²) in [5.74, 6) is -0.0706. The molecule has 0 spiro atoms. The molecule has 1 aromatic rings. The zero-order chi connectivity index (χ0) is 11.4. The molecule has 4 nitrogen and oxygen atoms in total. The minimum Gasteiger partial charge on any atom is -0.327 e. The summed E-state index contributed by atoms with van der Waals surface area (Å²) >= 11 is 0. The molecule has 6 heteroatoms. The number of halogens is 2. The predicted molar refractivity (Wildman–Crippen MR) is 75.1 cm³/mol. The Bertz CT molecular complexity index is 370. The number of nitrogens with zero attached hydrogens (tertiary/aromatic N) is 1. The Morgan fingerprint density at radius 1 is 1.41 bits per heavy atom. The van der Waals surface area contributed by atoms with E-state index in [9.17, 15) is 4.79 Å². The number of hydrogen-bond donors (Lipinski definition) is 2. The van der Waals surface area contributed by atoms with Crippen LogP contribution in [0.25, 0.3) is 0 Å². The van der Waals surface area contributed by atoms with E-state index in [1.165, 1.54) is 0 Å². The van der Waals surface area contributed by atoms with Crippen LogP contribution in [0.4, 0.5) is 5.69 Å². The molecule has 0 saturated carbocycles. The maximum atomic E-state index is 11.4. The molecule has 0 aromatic carbocycles. The van der Waals surface area contributed by atoms with E-state index < -0.39 is 0 Å². The van der Waals surface area contributed by atoms with Crippen molar-refractivity contribution in [2.75, 3.05) is 5.32 Å². The van der Waals surface area contributed by atoms with Crippen LogP contribution < -0.4 is 11.1 Å². The first kappa shape index (κ1) is 18.5. The van der Waals surface area contributed by atoms with Crippen LogP contribution in [0.3, 0.4) is 0 Å². The van der Waals surface area contributed by atoms with E-state index in [2.05, 4.69) is 10.3 Å². The van der Waals surface area contributed by atoms with Crippen molar-refractivity contribution in [1.82, 2.24) is 4.98 Å². The third-order valence-corrected chi connectivity index (χ3v) is 2.01. The molecule has 0 aliphatic rings. The molecule has 0 fully saturated rings. The van der Waals surface area contributed by atoms with Gasteiger partial charge in [-0.1, -0.05) is 0 Å². The fraction of sp³-hybridized carbons (Fsp3) is 0.455. The Morgan fingerprint density at radius 2 is 2.00 bits per heavy atom.